The van der Waals surface area contributed by atoms with E-state index in [1.54, 1.807) is 0 Å². The molecule has 3 saturated carbocycles. The molecule has 116 valence electrons. The largest absolute Gasteiger partial charge is 0.267 e. The van der Waals surface area contributed by atoms with E-state index in [1.165, 1.54) is 0 Å². The summed E-state index contributed by atoms with van der Waals surface area (Å²) in [5, 5.41) is 0. The maximum Gasteiger partial charge on any atom is 0.264 e. The highest BCUT2D eigenvalue weighted by molar-refractivity contribution is 7.86. The summed E-state index contributed by atoms with van der Waals surface area (Å²) in [5.74, 6) is 1.14. The van der Waals surface area contributed by atoms with Crippen LogP contribution in [0, 0.1) is 23.7 Å². The molecule has 6 nitrogen and oxygen atoms in total. The van der Waals surface area contributed by atoms with Crippen LogP contribution in [0.1, 0.15) is 25.7 Å². The van der Waals surface area contributed by atoms with E-state index in [1.807, 2.05) is 0 Å². The molecule has 0 aliphatic heterocycles. The van der Waals surface area contributed by atoms with E-state index < -0.39 is 32.4 Å². The molecule has 0 heterocycles. The normalized spacial score (nSPS) is 43.9. The molecule has 4 atom stereocenters. The second-order valence-corrected chi connectivity index (χ2v) is 9.60. The van der Waals surface area contributed by atoms with Gasteiger partial charge in [0.1, 0.15) is 0 Å². The Kier molecular flexibility index (Phi) is 3.43. The SMILES string of the molecule is CS(=O)(=O)O[C@@H]1C[C@H]2CC[C@@H]3C[C@@H](OS(C)(=O)=O)C1C23. The first-order valence-corrected chi connectivity index (χ1v) is 10.5. The molecule has 3 aliphatic rings. The van der Waals surface area contributed by atoms with Crippen molar-refractivity contribution < 1.29 is 25.2 Å². The highest BCUT2D eigenvalue weighted by atomic mass is 32.2. The third-order valence-corrected chi connectivity index (χ3v) is 6.16. The van der Waals surface area contributed by atoms with Crippen molar-refractivity contribution in [2.75, 3.05) is 12.5 Å². The molecule has 3 fully saturated rings. The molecule has 0 bridgehead atoms. The maximum atomic E-state index is 11.4. The van der Waals surface area contributed by atoms with E-state index in [0.29, 0.717) is 30.6 Å². The molecule has 0 radical (unpaired) electrons. The third-order valence-electron chi connectivity index (χ3n) is 4.97. The van der Waals surface area contributed by atoms with Crippen LogP contribution in [0.4, 0.5) is 0 Å². The van der Waals surface area contributed by atoms with Gasteiger partial charge in [-0.3, -0.25) is 8.37 Å². The average molecular weight is 324 g/mol. The Bertz CT molecular complexity index is 543. The molecule has 8 heteroatoms. The van der Waals surface area contributed by atoms with Crippen molar-refractivity contribution in [2.24, 2.45) is 23.7 Å². The van der Waals surface area contributed by atoms with Crippen molar-refractivity contribution in [3.63, 3.8) is 0 Å². The van der Waals surface area contributed by atoms with Crippen LogP contribution < -0.4 is 0 Å². The van der Waals surface area contributed by atoms with Crippen LogP contribution in [0.25, 0.3) is 0 Å². The Morgan fingerprint density at radius 2 is 1.15 bits per heavy atom. The second kappa shape index (κ2) is 4.66. The van der Waals surface area contributed by atoms with E-state index >= 15 is 0 Å². The minimum atomic E-state index is -3.54. The first-order chi connectivity index (χ1) is 9.14. The molecule has 0 aromatic rings. The lowest BCUT2D eigenvalue weighted by molar-refractivity contribution is 0.0771. The van der Waals surface area contributed by atoms with Crippen molar-refractivity contribution >= 4 is 20.2 Å². The number of rotatable bonds is 4. The highest BCUT2D eigenvalue weighted by Gasteiger charge is 2.59. The molecule has 0 aromatic heterocycles. The summed E-state index contributed by atoms with van der Waals surface area (Å²) in [6, 6.07) is 0. The van der Waals surface area contributed by atoms with Gasteiger partial charge in [-0.15, -0.1) is 0 Å². The maximum absolute atomic E-state index is 11.4. The van der Waals surface area contributed by atoms with Crippen LogP contribution >= 0.6 is 0 Å². The van der Waals surface area contributed by atoms with Crippen molar-refractivity contribution in [1.82, 2.24) is 0 Å². The van der Waals surface area contributed by atoms with Gasteiger partial charge >= 0.3 is 0 Å². The summed E-state index contributed by atoms with van der Waals surface area (Å²) in [7, 11) is -7.07. The van der Waals surface area contributed by atoms with Crippen molar-refractivity contribution in [2.45, 2.75) is 37.9 Å². The summed E-state index contributed by atoms with van der Waals surface area (Å²) in [6.45, 7) is 0. The summed E-state index contributed by atoms with van der Waals surface area (Å²) in [4.78, 5) is 0. The zero-order chi connectivity index (χ0) is 14.7. The molecule has 0 spiro atoms. The van der Waals surface area contributed by atoms with E-state index in [-0.39, 0.29) is 5.92 Å². The highest BCUT2D eigenvalue weighted by Crippen LogP contribution is 2.60. The van der Waals surface area contributed by atoms with Crippen molar-refractivity contribution in [1.29, 1.82) is 0 Å². The van der Waals surface area contributed by atoms with Gasteiger partial charge in [-0.2, -0.15) is 16.8 Å². The Morgan fingerprint density at radius 1 is 0.750 bits per heavy atom. The van der Waals surface area contributed by atoms with Crippen molar-refractivity contribution in [3.8, 4) is 0 Å². The molecule has 0 aromatic carbocycles. The minimum Gasteiger partial charge on any atom is -0.267 e. The van der Waals surface area contributed by atoms with Crippen LogP contribution in [0.5, 0.6) is 0 Å². The molecule has 3 aliphatic carbocycles. The predicted molar refractivity (Wildman–Crippen MR) is 71.9 cm³/mol. The van der Waals surface area contributed by atoms with Crippen LogP contribution in [0.15, 0.2) is 0 Å². The predicted octanol–water partition coefficient (Wildman–Crippen LogP) is 0.742. The fourth-order valence-electron chi connectivity index (χ4n) is 4.68. The first-order valence-electron chi connectivity index (χ1n) is 6.90. The quantitative estimate of drug-likeness (QED) is 0.709. The van der Waals surface area contributed by atoms with Gasteiger partial charge in [0.15, 0.2) is 0 Å². The van der Waals surface area contributed by atoms with Crippen LogP contribution in [0.2, 0.25) is 0 Å². The molecule has 0 unspecified atom stereocenters. The van der Waals surface area contributed by atoms with Gasteiger partial charge in [0.2, 0.25) is 0 Å². The lowest BCUT2D eigenvalue weighted by Gasteiger charge is -2.24. The average Bonchev–Trinajstić information content (AvgIpc) is 2.81. The van der Waals surface area contributed by atoms with Gasteiger partial charge in [0.05, 0.1) is 24.7 Å². The smallest absolute Gasteiger partial charge is 0.264 e. The summed E-state index contributed by atoms with van der Waals surface area (Å²) < 4.78 is 56.0. The van der Waals surface area contributed by atoms with Gasteiger partial charge < -0.3 is 0 Å². The lowest BCUT2D eigenvalue weighted by atomic mass is 9.92. The lowest BCUT2D eigenvalue weighted by Crippen LogP contribution is -2.33. The monoisotopic (exact) mass is 324 g/mol. The van der Waals surface area contributed by atoms with Crippen LogP contribution in [0.3, 0.4) is 0 Å². The van der Waals surface area contributed by atoms with Crippen LogP contribution in [-0.2, 0) is 28.6 Å². The Balaban J connectivity index is 1.85. The topological polar surface area (TPSA) is 86.7 Å². The van der Waals surface area contributed by atoms with Gasteiger partial charge in [0, 0.05) is 5.92 Å². The molecule has 0 amide bonds. The number of hydrogen-bond donors (Lipinski definition) is 0. The van der Waals surface area contributed by atoms with Gasteiger partial charge in [0.25, 0.3) is 20.2 Å². The minimum absolute atomic E-state index is 0.114. The van der Waals surface area contributed by atoms with E-state index in [2.05, 4.69) is 0 Å². The first kappa shape index (κ1) is 14.7. The zero-order valence-corrected chi connectivity index (χ0v) is 13.2. The van der Waals surface area contributed by atoms with Crippen molar-refractivity contribution in [3.05, 3.63) is 0 Å². The Morgan fingerprint density at radius 3 is 1.50 bits per heavy atom. The van der Waals surface area contributed by atoms with E-state index in [0.717, 1.165) is 25.4 Å². The Hall–Kier alpha value is -0.180. The summed E-state index contributed by atoms with van der Waals surface area (Å²) in [6.07, 6.45) is 4.78. The summed E-state index contributed by atoms with van der Waals surface area (Å²) in [5.41, 5.74) is 0. The van der Waals surface area contributed by atoms with Gasteiger partial charge in [-0.1, -0.05) is 0 Å². The zero-order valence-electron chi connectivity index (χ0n) is 11.6. The molecule has 0 N–H and O–H groups in total. The number of hydrogen-bond acceptors (Lipinski definition) is 6. The second-order valence-electron chi connectivity index (χ2n) is 6.40. The third kappa shape index (κ3) is 2.75. The van der Waals surface area contributed by atoms with Gasteiger partial charge in [-0.05, 0) is 43.4 Å². The fourth-order valence-corrected chi connectivity index (χ4v) is 5.99. The molecular formula is C12H20O6S2. The standard InChI is InChI=1S/C12H20O6S2/c1-19(13,14)17-9-5-7-3-4-8-6-10(12(9)11(7)8)18-20(2,15)16/h7-12H,3-6H2,1-2H3/t7-,8-,9-,10-,11?,12?/m1/s1. The van der Waals surface area contributed by atoms with Crippen LogP contribution in [-0.4, -0.2) is 41.6 Å². The van der Waals surface area contributed by atoms with E-state index in [4.69, 9.17) is 8.37 Å². The molecule has 0 saturated heterocycles. The Labute approximate surface area is 120 Å². The molecule has 3 rings (SSSR count). The van der Waals surface area contributed by atoms with E-state index in [9.17, 15) is 16.8 Å². The van der Waals surface area contributed by atoms with Gasteiger partial charge in [-0.25, -0.2) is 0 Å². The molecule has 20 heavy (non-hydrogen) atoms. The summed E-state index contributed by atoms with van der Waals surface area (Å²) >= 11 is 0. The molecular weight excluding hydrogens is 304 g/mol. The fraction of sp³-hybridized carbons (Fsp3) is 1.00.